The molecule has 2 amide bonds. The van der Waals surface area contributed by atoms with Gasteiger partial charge in [-0.25, -0.2) is 9.07 Å². The van der Waals surface area contributed by atoms with Crippen LogP contribution < -0.4 is 21.1 Å². The molecule has 4 aromatic rings. The van der Waals surface area contributed by atoms with Crippen LogP contribution in [0.2, 0.25) is 0 Å². The predicted octanol–water partition coefficient (Wildman–Crippen LogP) is 4.33. The number of fused-ring (bicyclic) bond motifs is 2. The van der Waals surface area contributed by atoms with Crippen molar-refractivity contribution in [1.82, 2.24) is 15.1 Å². The van der Waals surface area contributed by atoms with Gasteiger partial charge in [-0.3, -0.25) is 9.59 Å². The van der Waals surface area contributed by atoms with Crippen molar-refractivity contribution < 1.29 is 18.7 Å². The summed E-state index contributed by atoms with van der Waals surface area (Å²) in [5.41, 5.74) is 11.5. The van der Waals surface area contributed by atoms with E-state index >= 15 is 0 Å². The minimum Gasteiger partial charge on any atom is -0.496 e. The van der Waals surface area contributed by atoms with Crippen molar-refractivity contribution in [2.24, 2.45) is 5.73 Å². The van der Waals surface area contributed by atoms with Gasteiger partial charge < -0.3 is 21.1 Å². The number of aromatic nitrogens is 2. The van der Waals surface area contributed by atoms with Crippen molar-refractivity contribution in [2.75, 3.05) is 12.4 Å². The normalized spacial score (nSPS) is 12.1. The number of nitrogens with one attached hydrogen (secondary N) is 2. The highest BCUT2D eigenvalue weighted by Crippen LogP contribution is 2.34. The molecule has 0 atom stereocenters. The van der Waals surface area contributed by atoms with Crippen LogP contribution in [0.3, 0.4) is 0 Å². The number of anilines is 2. The van der Waals surface area contributed by atoms with E-state index < -0.39 is 17.6 Å². The number of nitrogens with zero attached hydrogens (tertiary/aromatic N) is 2. The number of hydrogen-bond acceptors (Lipinski definition) is 5. The zero-order valence-corrected chi connectivity index (χ0v) is 20.5. The second kappa shape index (κ2) is 9.77. The average Bonchev–Trinajstić information content (AvgIpc) is 3.16. The Bertz CT molecular complexity index is 1510. The summed E-state index contributed by atoms with van der Waals surface area (Å²) in [6.45, 7) is 2.87. The van der Waals surface area contributed by atoms with Gasteiger partial charge in [0.2, 0.25) is 0 Å². The summed E-state index contributed by atoms with van der Waals surface area (Å²) in [6, 6.07) is 17.3. The molecule has 1 aromatic heterocycles. The Morgan fingerprint density at radius 2 is 1.92 bits per heavy atom. The van der Waals surface area contributed by atoms with Gasteiger partial charge in [-0.05, 0) is 48.7 Å². The van der Waals surface area contributed by atoms with Crippen LogP contribution in [-0.4, -0.2) is 28.7 Å². The van der Waals surface area contributed by atoms with E-state index in [9.17, 15) is 14.0 Å². The minimum atomic E-state index is -0.570. The Labute approximate surface area is 213 Å². The molecule has 0 spiro atoms. The van der Waals surface area contributed by atoms with E-state index in [1.165, 1.54) is 24.8 Å². The first-order chi connectivity index (χ1) is 17.8. The lowest BCUT2D eigenvalue weighted by atomic mass is 10.0. The number of methoxy groups -OCH3 is 1. The first-order valence-electron chi connectivity index (χ1n) is 11.8. The number of rotatable bonds is 6. The van der Waals surface area contributed by atoms with E-state index in [4.69, 9.17) is 15.6 Å². The number of amides is 2. The quantitative estimate of drug-likeness (QED) is 0.366. The third-order valence-corrected chi connectivity index (χ3v) is 6.39. The molecule has 1 aliphatic rings. The minimum absolute atomic E-state index is 0.119. The first-order valence-corrected chi connectivity index (χ1v) is 11.8. The third-order valence-electron chi connectivity index (χ3n) is 6.39. The van der Waals surface area contributed by atoms with Crippen molar-refractivity contribution >= 4 is 23.3 Å². The molecule has 37 heavy (non-hydrogen) atoms. The van der Waals surface area contributed by atoms with Crippen LogP contribution >= 0.6 is 0 Å². The van der Waals surface area contributed by atoms with Crippen molar-refractivity contribution in [2.45, 2.75) is 26.4 Å². The largest absolute Gasteiger partial charge is 0.496 e. The number of carbonyl (C=O) groups excluding carboxylic acids is 2. The number of carbonyl (C=O) groups is 2. The standard InChI is InChI=1S/C28H26FN5O3/c1-16-3-9-22-19(13-16)11-12-34-27(32-22)24(26(30)35)25(33-34)18-6-4-17(5-7-18)15-31-28(36)21-14-20(29)8-10-23(21)37-2/h3-10,13-14,32H,11-12,15H2,1-2H3,(H2,30,35)(H,31,36). The number of hydrogen-bond donors (Lipinski definition) is 3. The van der Waals surface area contributed by atoms with Crippen LogP contribution in [0.5, 0.6) is 5.75 Å². The van der Waals surface area contributed by atoms with Crippen molar-refractivity contribution in [3.05, 3.63) is 94.3 Å². The van der Waals surface area contributed by atoms with Gasteiger partial charge in [-0.1, -0.05) is 42.0 Å². The number of benzene rings is 3. The summed E-state index contributed by atoms with van der Waals surface area (Å²) in [5.74, 6) is -0.674. The van der Waals surface area contributed by atoms with Gasteiger partial charge in [-0.2, -0.15) is 5.10 Å². The molecule has 0 saturated carbocycles. The van der Waals surface area contributed by atoms with Gasteiger partial charge in [0, 0.05) is 24.3 Å². The second-order valence-electron chi connectivity index (χ2n) is 8.92. The zero-order chi connectivity index (χ0) is 26.1. The van der Waals surface area contributed by atoms with Crippen LogP contribution in [0, 0.1) is 12.7 Å². The molecule has 3 aromatic carbocycles. The van der Waals surface area contributed by atoms with Crippen LogP contribution in [0.4, 0.5) is 15.9 Å². The fraction of sp³-hybridized carbons (Fsp3) is 0.179. The summed E-state index contributed by atoms with van der Waals surface area (Å²) < 4.78 is 20.6. The van der Waals surface area contributed by atoms with Gasteiger partial charge in [0.1, 0.15) is 28.6 Å². The highest BCUT2D eigenvalue weighted by molar-refractivity contribution is 6.04. The highest BCUT2D eigenvalue weighted by Gasteiger charge is 2.26. The van der Waals surface area contributed by atoms with Gasteiger partial charge in [-0.15, -0.1) is 0 Å². The Hall–Kier alpha value is -4.66. The number of halogens is 1. The Balaban J connectivity index is 1.37. The fourth-order valence-corrected chi connectivity index (χ4v) is 4.51. The molecule has 0 aliphatic carbocycles. The monoisotopic (exact) mass is 499 g/mol. The number of nitrogens with two attached hydrogens (primary N) is 1. The Kier molecular flexibility index (Phi) is 6.35. The van der Waals surface area contributed by atoms with Crippen molar-refractivity contribution in [1.29, 1.82) is 0 Å². The van der Waals surface area contributed by atoms with Gasteiger partial charge >= 0.3 is 0 Å². The van der Waals surface area contributed by atoms with Gasteiger partial charge in [0.15, 0.2) is 0 Å². The average molecular weight is 500 g/mol. The summed E-state index contributed by atoms with van der Waals surface area (Å²) >= 11 is 0. The SMILES string of the molecule is COc1ccc(F)cc1C(=O)NCc1ccc(-c2nn3c(c2C(N)=O)Nc2ccc(C)cc2CC3)cc1. The molecular formula is C28H26FN5O3. The van der Waals surface area contributed by atoms with E-state index in [1.54, 1.807) is 4.68 Å². The molecule has 9 heteroatoms. The maximum absolute atomic E-state index is 13.6. The molecule has 0 fully saturated rings. The molecule has 188 valence electrons. The number of primary amides is 1. The molecule has 0 bridgehead atoms. The smallest absolute Gasteiger partial charge is 0.255 e. The van der Waals surface area contributed by atoms with Crippen molar-refractivity contribution in [3.8, 4) is 17.0 Å². The van der Waals surface area contributed by atoms with Gasteiger partial charge in [0.05, 0.1) is 12.7 Å². The zero-order valence-electron chi connectivity index (χ0n) is 20.5. The third kappa shape index (κ3) is 4.75. The Morgan fingerprint density at radius 3 is 2.65 bits per heavy atom. The second-order valence-corrected chi connectivity index (χ2v) is 8.92. The highest BCUT2D eigenvalue weighted by atomic mass is 19.1. The maximum atomic E-state index is 13.6. The molecule has 2 heterocycles. The topological polar surface area (TPSA) is 111 Å². The lowest BCUT2D eigenvalue weighted by Crippen LogP contribution is -2.23. The van der Waals surface area contributed by atoms with Crippen LogP contribution in [0.15, 0.2) is 60.7 Å². The van der Waals surface area contributed by atoms with E-state index in [0.29, 0.717) is 29.4 Å². The number of ether oxygens (including phenoxy) is 1. The molecular weight excluding hydrogens is 473 g/mol. The molecule has 0 saturated heterocycles. The molecule has 1 aliphatic heterocycles. The lowest BCUT2D eigenvalue weighted by molar-refractivity contribution is 0.0946. The van der Waals surface area contributed by atoms with E-state index in [-0.39, 0.29) is 12.1 Å². The molecule has 0 unspecified atom stereocenters. The van der Waals surface area contributed by atoms with Crippen LogP contribution in [0.1, 0.15) is 37.4 Å². The van der Waals surface area contributed by atoms with Crippen LogP contribution in [-0.2, 0) is 19.5 Å². The lowest BCUT2D eigenvalue weighted by Gasteiger charge is -2.10. The van der Waals surface area contributed by atoms with Crippen molar-refractivity contribution in [3.63, 3.8) is 0 Å². The summed E-state index contributed by atoms with van der Waals surface area (Å²) in [7, 11) is 1.42. The maximum Gasteiger partial charge on any atom is 0.255 e. The van der Waals surface area contributed by atoms with Gasteiger partial charge in [0.25, 0.3) is 11.8 Å². The summed E-state index contributed by atoms with van der Waals surface area (Å²) in [5, 5.41) is 10.8. The van der Waals surface area contributed by atoms with E-state index in [0.717, 1.165) is 34.9 Å². The molecule has 8 nitrogen and oxygen atoms in total. The molecule has 4 N–H and O–H groups in total. The Morgan fingerprint density at radius 1 is 1.14 bits per heavy atom. The van der Waals surface area contributed by atoms with E-state index in [2.05, 4.69) is 16.7 Å². The summed E-state index contributed by atoms with van der Waals surface area (Å²) in [4.78, 5) is 25.1. The number of aryl methyl sites for hydroxylation is 3. The fourth-order valence-electron chi connectivity index (χ4n) is 4.51. The molecule has 5 rings (SSSR count). The predicted molar refractivity (Wildman–Crippen MR) is 138 cm³/mol. The molecule has 0 radical (unpaired) electrons. The van der Waals surface area contributed by atoms with Crippen LogP contribution in [0.25, 0.3) is 11.3 Å². The first kappa shape index (κ1) is 24.1. The van der Waals surface area contributed by atoms with E-state index in [1.807, 2.05) is 43.3 Å². The summed E-state index contributed by atoms with van der Waals surface area (Å²) in [6.07, 6.45) is 0.769.